The van der Waals surface area contributed by atoms with Crippen LogP contribution in [0.25, 0.3) is 0 Å². The Kier molecular flexibility index (Phi) is 7.31. The van der Waals surface area contributed by atoms with Crippen molar-refractivity contribution >= 4 is 21.6 Å². The predicted octanol–water partition coefficient (Wildman–Crippen LogP) is 3.88. The molecule has 3 aromatic rings. The highest BCUT2D eigenvalue weighted by molar-refractivity contribution is 7.92. The maximum absolute atomic E-state index is 13.0. The smallest absolute Gasteiger partial charge is 0.264 e. The lowest BCUT2D eigenvalue weighted by Crippen LogP contribution is -2.28. The average Bonchev–Trinajstić information content (AvgIpc) is 2.82. The Morgan fingerprint density at radius 1 is 0.968 bits per heavy atom. The molecule has 162 valence electrons. The molecule has 31 heavy (non-hydrogen) atoms. The Labute approximate surface area is 183 Å². The van der Waals surface area contributed by atoms with Gasteiger partial charge in [0.1, 0.15) is 5.75 Å². The van der Waals surface area contributed by atoms with Gasteiger partial charge in [0, 0.05) is 19.2 Å². The third-order valence-corrected chi connectivity index (χ3v) is 6.74. The van der Waals surface area contributed by atoms with E-state index in [-0.39, 0.29) is 10.8 Å². The minimum Gasteiger partial charge on any atom is -0.497 e. The molecule has 7 heteroatoms. The second-order valence-corrected chi connectivity index (χ2v) is 9.01. The molecule has 0 heterocycles. The van der Waals surface area contributed by atoms with Crippen molar-refractivity contribution in [1.82, 2.24) is 5.32 Å². The van der Waals surface area contributed by atoms with E-state index in [1.165, 1.54) is 29.0 Å². The fraction of sp³-hybridized carbons (Fsp3) is 0.208. The topological polar surface area (TPSA) is 75.7 Å². The summed E-state index contributed by atoms with van der Waals surface area (Å²) in [5.41, 5.74) is 2.02. The van der Waals surface area contributed by atoms with Crippen molar-refractivity contribution < 1.29 is 17.9 Å². The van der Waals surface area contributed by atoms with E-state index in [1.807, 2.05) is 18.2 Å². The van der Waals surface area contributed by atoms with Gasteiger partial charge in [-0.05, 0) is 60.9 Å². The number of nitrogens with zero attached hydrogens (tertiary/aromatic N) is 1. The van der Waals surface area contributed by atoms with Gasteiger partial charge in [-0.25, -0.2) is 8.42 Å². The van der Waals surface area contributed by atoms with Crippen LogP contribution >= 0.6 is 0 Å². The molecule has 6 nitrogen and oxygen atoms in total. The Balaban J connectivity index is 1.65. The molecule has 1 N–H and O–H groups in total. The Bertz CT molecular complexity index is 1110. The number of rotatable bonds is 9. The van der Waals surface area contributed by atoms with E-state index in [2.05, 4.69) is 17.4 Å². The third kappa shape index (κ3) is 5.64. The summed E-state index contributed by atoms with van der Waals surface area (Å²) in [4.78, 5) is 12.6. The van der Waals surface area contributed by atoms with Crippen LogP contribution in [0.1, 0.15) is 22.3 Å². The molecule has 0 radical (unpaired) electrons. The number of nitrogens with one attached hydrogen (secondary N) is 1. The lowest BCUT2D eigenvalue weighted by atomic mass is 10.1. The van der Waals surface area contributed by atoms with Crippen molar-refractivity contribution in [3.8, 4) is 5.75 Å². The molecule has 3 rings (SSSR count). The molecule has 0 aliphatic carbocycles. The van der Waals surface area contributed by atoms with Crippen molar-refractivity contribution in [1.29, 1.82) is 0 Å². The van der Waals surface area contributed by atoms with Gasteiger partial charge in [-0.1, -0.05) is 36.4 Å². The predicted molar refractivity (Wildman–Crippen MR) is 122 cm³/mol. The molecule has 0 unspecified atom stereocenters. The molecule has 0 aliphatic rings. The Hall–Kier alpha value is -3.32. The Morgan fingerprint density at radius 2 is 1.68 bits per heavy atom. The summed E-state index contributed by atoms with van der Waals surface area (Å²) in [6.45, 7) is 0.510. The van der Waals surface area contributed by atoms with E-state index in [0.717, 1.165) is 12.8 Å². The van der Waals surface area contributed by atoms with Gasteiger partial charge in [-0.3, -0.25) is 9.10 Å². The highest BCUT2D eigenvalue weighted by Crippen LogP contribution is 2.24. The molecule has 1 amide bonds. The maximum Gasteiger partial charge on any atom is 0.264 e. The van der Waals surface area contributed by atoms with Gasteiger partial charge < -0.3 is 10.1 Å². The number of aryl methyl sites for hydroxylation is 1. The molecule has 0 aliphatic heterocycles. The van der Waals surface area contributed by atoms with E-state index >= 15 is 0 Å². The molecular weight excluding hydrogens is 412 g/mol. The number of sulfonamides is 1. The van der Waals surface area contributed by atoms with E-state index in [9.17, 15) is 13.2 Å². The van der Waals surface area contributed by atoms with Crippen LogP contribution in [-0.2, 0) is 16.4 Å². The first-order valence-electron chi connectivity index (χ1n) is 9.97. The third-order valence-electron chi connectivity index (χ3n) is 4.96. The highest BCUT2D eigenvalue weighted by Gasteiger charge is 2.22. The minimum absolute atomic E-state index is 0.0581. The molecule has 0 bridgehead atoms. The van der Waals surface area contributed by atoms with E-state index in [4.69, 9.17) is 4.74 Å². The number of anilines is 1. The molecular formula is C24H26N2O4S. The summed E-state index contributed by atoms with van der Waals surface area (Å²) in [5.74, 6) is 0.345. The zero-order valence-corrected chi connectivity index (χ0v) is 18.4. The molecule has 3 aromatic carbocycles. The van der Waals surface area contributed by atoms with Crippen molar-refractivity contribution in [2.45, 2.75) is 17.7 Å². The summed E-state index contributed by atoms with van der Waals surface area (Å²) >= 11 is 0. The van der Waals surface area contributed by atoms with Gasteiger partial charge in [-0.15, -0.1) is 0 Å². The fourth-order valence-corrected chi connectivity index (χ4v) is 4.37. The van der Waals surface area contributed by atoms with E-state index in [1.54, 1.807) is 43.5 Å². The summed E-state index contributed by atoms with van der Waals surface area (Å²) in [5, 5.41) is 2.86. The SMILES string of the molecule is COc1ccc(N(C)S(=O)(=O)c2cccc(C(=O)NCCCc3ccccc3)c2)cc1. The van der Waals surface area contributed by atoms with Crippen LogP contribution in [0.2, 0.25) is 0 Å². The second kappa shape index (κ2) is 10.1. The van der Waals surface area contributed by atoms with E-state index < -0.39 is 10.0 Å². The van der Waals surface area contributed by atoms with Gasteiger partial charge in [-0.2, -0.15) is 0 Å². The van der Waals surface area contributed by atoms with Gasteiger partial charge in [0.2, 0.25) is 0 Å². The fourth-order valence-electron chi connectivity index (χ4n) is 3.13. The zero-order valence-electron chi connectivity index (χ0n) is 17.6. The van der Waals surface area contributed by atoms with Crippen LogP contribution in [0, 0.1) is 0 Å². The van der Waals surface area contributed by atoms with Crippen LogP contribution in [0.5, 0.6) is 5.75 Å². The number of hydrogen-bond donors (Lipinski definition) is 1. The molecule has 0 aromatic heterocycles. The molecule has 0 saturated heterocycles. The molecule has 0 fully saturated rings. The quantitative estimate of drug-likeness (QED) is 0.515. The number of carbonyl (C=O) groups excluding carboxylic acids is 1. The summed E-state index contributed by atoms with van der Waals surface area (Å²) in [6, 6.07) is 22.9. The van der Waals surface area contributed by atoms with Crippen LogP contribution < -0.4 is 14.4 Å². The van der Waals surface area contributed by atoms with Gasteiger partial charge >= 0.3 is 0 Å². The first-order valence-corrected chi connectivity index (χ1v) is 11.4. The number of ether oxygens (including phenoxy) is 1. The number of hydrogen-bond acceptors (Lipinski definition) is 4. The van der Waals surface area contributed by atoms with Gasteiger partial charge in [0.05, 0.1) is 17.7 Å². The number of methoxy groups -OCH3 is 1. The highest BCUT2D eigenvalue weighted by atomic mass is 32.2. The minimum atomic E-state index is -3.82. The monoisotopic (exact) mass is 438 g/mol. The second-order valence-electron chi connectivity index (χ2n) is 7.04. The molecule has 0 atom stereocenters. The van der Waals surface area contributed by atoms with Crippen LogP contribution in [0.3, 0.4) is 0 Å². The van der Waals surface area contributed by atoms with Crippen molar-refractivity contribution in [2.75, 3.05) is 25.0 Å². The molecule has 0 saturated carbocycles. The van der Waals surface area contributed by atoms with Crippen molar-refractivity contribution in [3.63, 3.8) is 0 Å². The standard InChI is InChI=1S/C24H26N2O4S/c1-26(21-13-15-22(30-2)16-14-21)31(28,29)23-12-6-11-20(18-23)24(27)25-17-7-10-19-8-4-3-5-9-19/h3-6,8-9,11-16,18H,7,10,17H2,1-2H3,(H,25,27). The number of benzene rings is 3. The van der Waals surface area contributed by atoms with Crippen molar-refractivity contribution in [2.24, 2.45) is 0 Å². The number of amides is 1. The lowest BCUT2D eigenvalue weighted by Gasteiger charge is -2.20. The summed E-state index contributed by atoms with van der Waals surface area (Å²) in [7, 11) is -0.787. The van der Waals surface area contributed by atoms with E-state index in [0.29, 0.717) is 23.5 Å². The normalized spacial score (nSPS) is 11.0. The van der Waals surface area contributed by atoms with Crippen LogP contribution in [0.4, 0.5) is 5.69 Å². The van der Waals surface area contributed by atoms with Crippen LogP contribution in [-0.4, -0.2) is 35.0 Å². The zero-order chi connectivity index (χ0) is 22.3. The first-order chi connectivity index (χ1) is 14.9. The largest absolute Gasteiger partial charge is 0.497 e. The average molecular weight is 439 g/mol. The van der Waals surface area contributed by atoms with Gasteiger partial charge in [0.15, 0.2) is 0 Å². The lowest BCUT2D eigenvalue weighted by molar-refractivity contribution is 0.0953. The molecule has 0 spiro atoms. The van der Waals surface area contributed by atoms with Crippen LogP contribution in [0.15, 0.2) is 83.8 Å². The summed E-state index contributed by atoms with van der Waals surface area (Å²) in [6.07, 6.45) is 1.66. The van der Waals surface area contributed by atoms with Gasteiger partial charge in [0.25, 0.3) is 15.9 Å². The number of carbonyl (C=O) groups is 1. The maximum atomic E-state index is 13.0. The van der Waals surface area contributed by atoms with Crippen molar-refractivity contribution in [3.05, 3.63) is 90.0 Å². The Morgan fingerprint density at radius 3 is 2.35 bits per heavy atom. The summed E-state index contributed by atoms with van der Waals surface area (Å²) < 4.78 is 32.4. The first kappa shape index (κ1) is 22.4.